The first-order valence-electron chi connectivity index (χ1n) is 2.96. The van der Waals surface area contributed by atoms with Gasteiger partial charge in [0.1, 0.15) is 0 Å². The highest BCUT2D eigenvalue weighted by Gasteiger charge is 2.67. The Morgan fingerprint density at radius 2 is 1.64 bits per heavy atom. The van der Waals surface area contributed by atoms with E-state index in [9.17, 15) is 31.1 Å². The van der Waals surface area contributed by atoms with Crippen LogP contribution >= 0.6 is 0 Å². The summed E-state index contributed by atoms with van der Waals surface area (Å²) in [4.78, 5) is 10.1. The number of carbonyl (C=O) groups is 1. The van der Waals surface area contributed by atoms with Crippen molar-refractivity contribution in [1.29, 1.82) is 0 Å². The maximum Gasteiger partial charge on any atom is 0.511 e. The normalized spacial score (nSPS) is 16.3. The molecule has 0 amide bonds. The summed E-state index contributed by atoms with van der Waals surface area (Å²) < 4.78 is 77.0. The first-order chi connectivity index (χ1) is 6.15. The Labute approximate surface area is 73.6 Å². The summed E-state index contributed by atoms with van der Waals surface area (Å²) in [6.45, 7) is 0. The van der Waals surface area contributed by atoms with Gasteiger partial charge in [-0.1, -0.05) is 0 Å². The van der Waals surface area contributed by atoms with Crippen LogP contribution in [-0.4, -0.2) is 31.7 Å². The van der Waals surface area contributed by atoms with Gasteiger partial charge in [-0.05, 0) is 0 Å². The number of alkyl halides is 6. The van der Waals surface area contributed by atoms with Crippen molar-refractivity contribution in [2.45, 2.75) is 18.5 Å². The molecular formula is C5H4F6O3. The van der Waals surface area contributed by atoms with Crippen LogP contribution in [0.2, 0.25) is 0 Å². The quantitative estimate of drug-likeness (QED) is 0.535. The lowest BCUT2D eigenvalue weighted by Crippen LogP contribution is -2.50. The van der Waals surface area contributed by atoms with Gasteiger partial charge < -0.3 is 9.47 Å². The fourth-order valence-corrected chi connectivity index (χ4v) is 0.389. The van der Waals surface area contributed by atoms with Crippen molar-refractivity contribution in [1.82, 2.24) is 0 Å². The van der Waals surface area contributed by atoms with Gasteiger partial charge in [0.2, 0.25) is 0 Å². The molecule has 0 N–H and O–H groups in total. The highest BCUT2D eigenvalue weighted by Crippen LogP contribution is 2.40. The van der Waals surface area contributed by atoms with E-state index in [1.54, 1.807) is 0 Å². The Balaban J connectivity index is 4.84. The van der Waals surface area contributed by atoms with E-state index < -0.39 is 24.6 Å². The van der Waals surface area contributed by atoms with Gasteiger partial charge in [-0.3, -0.25) is 0 Å². The first kappa shape index (κ1) is 12.8. The molecule has 0 fully saturated rings. The summed E-state index contributed by atoms with van der Waals surface area (Å²) in [7, 11) is 0.546. The summed E-state index contributed by atoms with van der Waals surface area (Å²) >= 11 is 0. The molecule has 0 aliphatic heterocycles. The Kier molecular flexibility index (Phi) is 3.60. The number of carbonyl (C=O) groups excluding carboxylic acids is 1. The monoisotopic (exact) mass is 226 g/mol. The molecule has 84 valence electrons. The van der Waals surface area contributed by atoms with E-state index in [4.69, 9.17) is 0 Å². The molecule has 0 saturated carbocycles. The first-order valence-corrected chi connectivity index (χ1v) is 2.96. The third-order valence-electron chi connectivity index (χ3n) is 1.07. The lowest BCUT2D eigenvalue weighted by atomic mass is 10.3. The van der Waals surface area contributed by atoms with Crippen LogP contribution in [-0.2, 0) is 9.47 Å². The molecule has 14 heavy (non-hydrogen) atoms. The number of methoxy groups -OCH3 is 1. The van der Waals surface area contributed by atoms with Crippen molar-refractivity contribution in [3.05, 3.63) is 0 Å². The van der Waals surface area contributed by atoms with Crippen molar-refractivity contribution in [2.24, 2.45) is 0 Å². The van der Waals surface area contributed by atoms with Crippen molar-refractivity contribution >= 4 is 6.16 Å². The van der Waals surface area contributed by atoms with E-state index in [1.807, 2.05) is 0 Å². The van der Waals surface area contributed by atoms with Gasteiger partial charge in [0.15, 0.2) is 0 Å². The van der Waals surface area contributed by atoms with Crippen LogP contribution < -0.4 is 0 Å². The summed E-state index contributed by atoms with van der Waals surface area (Å²) in [5.74, 6) is -5.35. The second kappa shape index (κ2) is 3.93. The van der Waals surface area contributed by atoms with Crippen LogP contribution in [0.25, 0.3) is 0 Å². The third kappa shape index (κ3) is 2.42. The lowest BCUT2D eigenvalue weighted by molar-refractivity contribution is -0.353. The minimum Gasteiger partial charge on any atom is -0.438 e. The average Bonchev–Trinajstić information content (AvgIpc) is 2.01. The zero-order valence-electron chi connectivity index (χ0n) is 6.57. The van der Waals surface area contributed by atoms with E-state index in [2.05, 4.69) is 9.47 Å². The molecule has 0 heterocycles. The van der Waals surface area contributed by atoms with Gasteiger partial charge >= 0.3 is 24.6 Å². The standard InChI is InChI=1S/C5H4F6O3/c1-13-3(12)14-4(8,2(6)7)5(9,10)11/h2H,1H3. The minimum atomic E-state index is -6.03. The van der Waals surface area contributed by atoms with E-state index in [-0.39, 0.29) is 0 Å². The highest BCUT2D eigenvalue weighted by molar-refractivity contribution is 5.60. The molecule has 0 aromatic rings. The van der Waals surface area contributed by atoms with Gasteiger partial charge in [0.25, 0.3) is 0 Å². The molecule has 0 rings (SSSR count). The van der Waals surface area contributed by atoms with Gasteiger partial charge in [-0.25, -0.2) is 13.6 Å². The van der Waals surface area contributed by atoms with Crippen LogP contribution in [0.5, 0.6) is 0 Å². The van der Waals surface area contributed by atoms with Crippen molar-refractivity contribution in [3.8, 4) is 0 Å². The van der Waals surface area contributed by atoms with Crippen LogP contribution in [0.4, 0.5) is 31.1 Å². The second-order valence-corrected chi connectivity index (χ2v) is 2.00. The molecule has 0 aliphatic rings. The van der Waals surface area contributed by atoms with Gasteiger partial charge in [-0.15, -0.1) is 0 Å². The summed E-state index contributed by atoms with van der Waals surface area (Å²) in [6, 6.07) is 0. The molecule has 0 bridgehead atoms. The lowest BCUT2D eigenvalue weighted by Gasteiger charge is -2.25. The van der Waals surface area contributed by atoms with Crippen molar-refractivity contribution in [3.63, 3.8) is 0 Å². The van der Waals surface area contributed by atoms with Crippen LogP contribution in [0.15, 0.2) is 0 Å². The van der Waals surface area contributed by atoms with E-state index in [0.717, 1.165) is 0 Å². The molecular weight excluding hydrogens is 222 g/mol. The zero-order chi connectivity index (χ0) is 11.6. The highest BCUT2D eigenvalue weighted by atomic mass is 19.4. The number of hydrogen-bond acceptors (Lipinski definition) is 3. The van der Waals surface area contributed by atoms with Crippen LogP contribution in [0, 0.1) is 0 Å². The summed E-state index contributed by atoms with van der Waals surface area (Å²) in [6.07, 6.45) is -12.8. The average molecular weight is 226 g/mol. The fourth-order valence-electron chi connectivity index (χ4n) is 0.389. The Bertz CT molecular complexity index is 214. The molecule has 1 atom stereocenters. The van der Waals surface area contributed by atoms with E-state index in [0.29, 0.717) is 7.11 Å². The maximum atomic E-state index is 12.5. The molecule has 3 nitrogen and oxygen atoms in total. The Morgan fingerprint density at radius 1 is 1.21 bits per heavy atom. The van der Waals surface area contributed by atoms with Gasteiger partial charge in [0.05, 0.1) is 7.11 Å². The zero-order valence-corrected chi connectivity index (χ0v) is 6.57. The molecule has 0 aromatic heterocycles. The fraction of sp³-hybridized carbons (Fsp3) is 0.800. The Morgan fingerprint density at radius 3 is 1.86 bits per heavy atom. The predicted octanol–water partition coefficient (Wildman–Crippen LogP) is 2.26. The molecule has 1 unspecified atom stereocenters. The number of ether oxygens (including phenoxy) is 2. The van der Waals surface area contributed by atoms with Crippen molar-refractivity contribution in [2.75, 3.05) is 7.11 Å². The van der Waals surface area contributed by atoms with Gasteiger partial charge in [-0.2, -0.15) is 17.6 Å². The van der Waals surface area contributed by atoms with Gasteiger partial charge in [0, 0.05) is 0 Å². The van der Waals surface area contributed by atoms with Crippen LogP contribution in [0.3, 0.4) is 0 Å². The Hall–Kier alpha value is -1.15. The molecule has 0 saturated heterocycles. The topological polar surface area (TPSA) is 35.5 Å². The number of rotatable bonds is 2. The number of hydrogen-bond donors (Lipinski definition) is 0. The summed E-state index contributed by atoms with van der Waals surface area (Å²) in [5, 5.41) is 0. The molecule has 9 heteroatoms. The minimum absolute atomic E-state index is 0.546. The number of halogens is 6. The predicted molar refractivity (Wildman–Crippen MR) is 29.4 cm³/mol. The third-order valence-corrected chi connectivity index (χ3v) is 1.07. The SMILES string of the molecule is COC(=O)OC(F)(C(F)F)C(F)(F)F. The summed E-state index contributed by atoms with van der Waals surface area (Å²) in [5.41, 5.74) is 0. The van der Waals surface area contributed by atoms with Crippen molar-refractivity contribution < 1.29 is 40.6 Å². The molecule has 0 spiro atoms. The largest absolute Gasteiger partial charge is 0.511 e. The molecule has 0 radical (unpaired) electrons. The maximum absolute atomic E-state index is 12.5. The smallest absolute Gasteiger partial charge is 0.438 e. The second-order valence-electron chi connectivity index (χ2n) is 2.00. The van der Waals surface area contributed by atoms with E-state index in [1.165, 1.54) is 0 Å². The molecule has 0 aliphatic carbocycles. The van der Waals surface area contributed by atoms with Crippen LogP contribution in [0.1, 0.15) is 0 Å². The van der Waals surface area contributed by atoms with E-state index >= 15 is 0 Å². The molecule has 0 aromatic carbocycles.